The molecule has 0 aliphatic rings. The zero-order valence-electron chi connectivity index (χ0n) is 42.9. The molecule has 79 heavy (non-hydrogen) atoms. The van der Waals surface area contributed by atoms with E-state index in [1.165, 1.54) is 11.1 Å². The van der Waals surface area contributed by atoms with Gasteiger partial charge in [0.15, 0.2) is 0 Å². The summed E-state index contributed by atoms with van der Waals surface area (Å²) in [7, 11) is 0. The van der Waals surface area contributed by atoms with Gasteiger partial charge in [0.2, 0.25) is 0 Å². The summed E-state index contributed by atoms with van der Waals surface area (Å²) < 4.78 is 0. The van der Waals surface area contributed by atoms with Gasteiger partial charge in [-0.25, -0.2) is 0 Å². The quantitative estimate of drug-likeness (QED) is 0.114. The first-order valence-corrected chi connectivity index (χ1v) is 26.2. The van der Waals surface area contributed by atoms with Crippen molar-refractivity contribution < 1.29 is 20.1 Å². The van der Waals surface area contributed by atoms with E-state index in [2.05, 4.69) is 243 Å². The van der Waals surface area contributed by atoms with E-state index in [4.69, 9.17) is 15.0 Å². The van der Waals surface area contributed by atoms with Gasteiger partial charge in [0.1, 0.15) is 0 Å². The van der Waals surface area contributed by atoms with Gasteiger partial charge in [0, 0.05) is 24.3 Å². The van der Waals surface area contributed by atoms with E-state index in [0.29, 0.717) is 0 Å². The zero-order valence-corrected chi connectivity index (χ0v) is 45.3. The number of pyridine rings is 3. The first-order chi connectivity index (χ1) is 38.6. The average Bonchev–Trinajstić information content (AvgIpc) is 3.55. The second kappa shape index (κ2) is 22.9. The van der Waals surface area contributed by atoms with Crippen LogP contribution in [0.3, 0.4) is 0 Å². The molecule has 3 heterocycles. The Hall–Kier alpha value is -9.70. The fourth-order valence-corrected chi connectivity index (χ4v) is 10.4. The molecule has 0 atom stereocenters. The van der Waals surface area contributed by atoms with Crippen molar-refractivity contribution in [2.75, 3.05) is 0 Å². The van der Waals surface area contributed by atoms with Crippen molar-refractivity contribution in [2.24, 2.45) is 0 Å². The SMILES string of the molecule is [Ir+3].[c-]1ccccc1-c1ccc(-c2ccccc2-c2cc(-c3ccccc3-c3ccc(-c4[c-]cccc4)nc3)cc(-c3ccccc3-c3ccc(-c4[c-]c(-c5ccccc5)cc(-c5ccc(-c6ccccc6)cc5)c4)nc3)c2)cn1. The van der Waals surface area contributed by atoms with Gasteiger partial charge in [-0.15, -0.1) is 95.6 Å². The van der Waals surface area contributed by atoms with Crippen molar-refractivity contribution in [3.8, 4) is 134 Å². The second-order valence-corrected chi connectivity index (χ2v) is 19.3. The summed E-state index contributed by atoms with van der Waals surface area (Å²) in [6.45, 7) is 0. The number of nitrogens with zero attached hydrogens (tertiary/aromatic N) is 3. The number of hydrogen-bond donors (Lipinski definition) is 0. The van der Waals surface area contributed by atoms with E-state index >= 15 is 0 Å². The molecule has 0 amide bonds. The Bertz CT molecular complexity index is 4040. The number of benzene rings is 10. The van der Waals surface area contributed by atoms with E-state index in [-0.39, 0.29) is 20.1 Å². The van der Waals surface area contributed by atoms with Crippen LogP contribution in [0.2, 0.25) is 0 Å². The Labute approximate surface area is 475 Å². The molecule has 4 heteroatoms. The molecule has 0 fully saturated rings. The molecule has 0 bridgehead atoms. The van der Waals surface area contributed by atoms with E-state index in [1.54, 1.807) is 0 Å². The van der Waals surface area contributed by atoms with Crippen LogP contribution >= 0.6 is 0 Å². The molecule has 3 aromatic heterocycles. The van der Waals surface area contributed by atoms with Gasteiger partial charge in [0.25, 0.3) is 0 Å². The molecule has 0 unspecified atom stereocenters. The molecule has 0 radical (unpaired) electrons. The van der Waals surface area contributed by atoms with Crippen LogP contribution in [0.5, 0.6) is 0 Å². The van der Waals surface area contributed by atoms with Gasteiger partial charge in [-0.3, -0.25) is 4.98 Å². The van der Waals surface area contributed by atoms with Crippen molar-refractivity contribution in [1.82, 2.24) is 15.0 Å². The van der Waals surface area contributed by atoms with Gasteiger partial charge in [-0.05, 0) is 113 Å². The van der Waals surface area contributed by atoms with Gasteiger partial charge in [-0.2, -0.15) is 0 Å². The predicted octanol–water partition coefficient (Wildman–Crippen LogP) is 19.3. The molecule has 13 rings (SSSR count). The second-order valence-electron chi connectivity index (χ2n) is 19.3. The third kappa shape index (κ3) is 10.7. The van der Waals surface area contributed by atoms with E-state index in [1.807, 2.05) is 67.1 Å². The summed E-state index contributed by atoms with van der Waals surface area (Å²) in [6.07, 6.45) is 5.96. The molecule has 372 valence electrons. The maximum atomic E-state index is 5.21. The summed E-state index contributed by atoms with van der Waals surface area (Å²) in [6, 6.07) is 106. The summed E-state index contributed by atoms with van der Waals surface area (Å²) in [5.41, 5.74) is 25.1. The van der Waals surface area contributed by atoms with Crippen LogP contribution in [0.1, 0.15) is 0 Å². The summed E-state index contributed by atoms with van der Waals surface area (Å²) in [5.74, 6) is 0. The molecule has 0 saturated heterocycles. The maximum absolute atomic E-state index is 5.21. The minimum Gasteiger partial charge on any atom is -0.304 e. The molecule has 0 N–H and O–H groups in total. The average molecular weight is 1180 g/mol. The molecular formula is C75H48IrN3. The van der Waals surface area contributed by atoms with E-state index in [0.717, 1.165) is 123 Å². The number of aromatic nitrogens is 3. The minimum atomic E-state index is 0. The predicted molar refractivity (Wildman–Crippen MR) is 322 cm³/mol. The van der Waals surface area contributed by atoms with Crippen LogP contribution in [0.25, 0.3) is 134 Å². The zero-order chi connectivity index (χ0) is 52.0. The van der Waals surface area contributed by atoms with Crippen molar-refractivity contribution >= 4 is 0 Å². The Morgan fingerprint density at radius 1 is 0.215 bits per heavy atom. The third-order valence-corrected chi connectivity index (χ3v) is 14.4. The van der Waals surface area contributed by atoms with Crippen LogP contribution < -0.4 is 0 Å². The smallest absolute Gasteiger partial charge is 0.304 e. The first kappa shape index (κ1) is 50.1. The Kier molecular flexibility index (Phi) is 14.5. The first-order valence-electron chi connectivity index (χ1n) is 26.2. The maximum Gasteiger partial charge on any atom is 3.00 e. The standard InChI is InChI=1S/C75H48N3.Ir/c1-5-19-52(20-6-1)54-33-35-55(36-34-54)62-43-61(53-21-7-2-8-22-53)44-66(45-62)75-42-39-60(51-78-75)69-29-15-18-32-72(69)65-47-63(70-30-16-13-27-67(70)58-37-40-73(76-49-58)56-23-9-3-10-24-56)46-64(48-65)71-31-17-14-28-68(71)59-38-41-74(77-50-59)57-25-11-4-12-26-57;/h1-23,25,27-43,45-51H;/q-3;+3. The van der Waals surface area contributed by atoms with Crippen molar-refractivity contribution in [3.63, 3.8) is 0 Å². The van der Waals surface area contributed by atoms with E-state index < -0.39 is 0 Å². The normalized spacial score (nSPS) is 10.9. The van der Waals surface area contributed by atoms with Crippen LogP contribution in [-0.2, 0) is 20.1 Å². The summed E-state index contributed by atoms with van der Waals surface area (Å²) >= 11 is 0. The Morgan fingerprint density at radius 3 is 0.911 bits per heavy atom. The summed E-state index contributed by atoms with van der Waals surface area (Å²) in [5, 5.41) is 0. The molecule has 0 aliphatic carbocycles. The Balaban J connectivity index is 0.00000623. The van der Waals surface area contributed by atoms with E-state index in [9.17, 15) is 0 Å². The summed E-state index contributed by atoms with van der Waals surface area (Å²) in [4.78, 5) is 15.1. The molecule has 0 saturated carbocycles. The van der Waals surface area contributed by atoms with Crippen LogP contribution in [0.4, 0.5) is 0 Å². The van der Waals surface area contributed by atoms with Crippen LogP contribution in [-0.4, -0.2) is 15.0 Å². The third-order valence-electron chi connectivity index (χ3n) is 14.4. The monoisotopic (exact) mass is 1180 g/mol. The largest absolute Gasteiger partial charge is 3.00 e. The van der Waals surface area contributed by atoms with Crippen molar-refractivity contribution in [1.29, 1.82) is 0 Å². The molecule has 10 aromatic carbocycles. The molecule has 0 aliphatic heterocycles. The van der Waals surface area contributed by atoms with Crippen LogP contribution in [0, 0.1) is 18.2 Å². The minimum absolute atomic E-state index is 0. The van der Waals surface area contributed by atoms with Gasteiger partial charge >= 0.3 is 20.1 Å². The number of hydrogen-bond acceptors (Lipinski definition) is 3. The fraction of sp³-hybridized carbons (Fsp3) is 0. The van der Waals surface area contributed by atoms with Gasteiger partial charge < -0.3 is 9.97 Å². The van der Waals surface area contributed by atoms with Crippen molar-refractivity contribution in [3.05, 3.63) is 310 Å². The molecule has 3 nitrogen and oxygen atoms in total. The molecule has 0 spiro atoms. The topological polar surface area (TPSA) is 38.7 Å². The van der Waals surface area contributed by atoms with Crippen LogP contribution in [0.15, 0.2) is 292 Å². The molecular weight excluding hydrogens is 1140 g/mol. The number of rotatable bonds is 12. The van der Waals surface area contributed by atoms with Gasteiger partial charge in [-0.1, -0.05) is 211 Å². The molecule has 13 aromatic rings. The fourth-order valence-electron chi connectivity index (χ4n) is 10.4. The van der Waals surface area contributed by atoms with Crippen molar-refractivity contribution in [2.45, 2.75) is 0 Å². The van der Waals surface area contributed by atoms with Gasteiger partial charge in [0.05, 0.1) is 0 Å². The Morgan fingerprint density at radius 2 is 0.532 bits per heavy atom.